The molecule has 2 heterocycles. The number of nitrogens with one attached hydrogen (secondary N) is 3. The van der Waals surface area contributed by atoms with Crippen LogP contribution in [-0.2, 0) is 4.79 Å². The van der Waals surface area contributed by atoms with Gasteiger partial charge in [-0.1, -0.05) is 54.7 Å². The Labute approximate surface area is 182 Å². The molecule has 0 spiro atoms. The number of carbonyl (C=O) groups excluding carboxylic acids is 1. The van der Waals surface area contributed by atoms with Gasteiger partial charge < -0.3 is 10.6 Å². The van der Waals surface area contributed by atoms with Gasteiger partial charge >= 0.3 is 0 Å². The van der Waals surface area contributed by atoms with Crippen molar-refractivity contribution < 1.29 is 4.79 Å². The van der Waals surface area contributed by atoms with Gasteiger partial charge in [0.2, 0.25) is 5.91 Å². The second-order valence-electron chi connectivity index (χ2n) is 8.34. The standard InChI is InChI=1S/C22H33BrClN3O/c1-4-14-11-12-22(6-3)18(13-17(14)20(23)27-22)21(28)26-19(5-2)25-16-9-7-15(24)8-10-16/h7-10,14,17-20,25,27H,4-6,11-13H2,1-3H3,(H,26,28). The van der Waals surface area contributed by atoms with Gasteiger partial charge in [0.05, 0.1) is 17.0 Å². The van der Waals surface area contributed by atoms with Crippen LogP contribution in [0.1, 0.15) is 59.3 Å². The molecule has 3 N–H and O–H groups in total. The Hall–Kier alpha value is -0.780. The van der Waals surface area contributed by atoms with E-state index in [1.807, 2.05) is 24.3 Å². The van der Waals surface area contributed by atoms with E-state index in [1.165, 1.54) is 12.8 Å². The molecule has 2 aliphatic heterocycles. The van der Waals surface area contributed by atoms with Crippen molar-refractivity contribution in [3.63, 3.8) is 0 Å². The molecule has 1 aromatic rings. The number of benzene rings is 1. The minimum atomic E-state index is -0.114. The van der Waals surface area contributed by atoms with E-state index in [0.29, 0.717) is 21.8 Å². The molecular weight excluding hydrogens is 438 g/mol. The van der Waals surface area contributed by atoms with Gasteiger partial charge in [-0.25, -0.2) is 0 Å². The Morgan fingerprint density at radius 3 is 2.64 bits per heavy atom. The van der Waals surface area contributed by atoms with Gasteiger partial charge in [-0.3, -0.25) is 10.1 Å². The van der Waals surface area contributed by atoms with E-state index < -0.39 is 0 Å². The van der Waals surface area contributed by atoms with Gasteiger partial charge in [0.1, 0.15) is 0 Å². The lowest BCUT2D eigenvalue weighted by Crippen LogP contribution is -2.63. The van der Waals surface area contributed by atoms with Gasteiger partial charge in [0.15, 0.2) is 0 Å². The Morgan fingerprint density at radius 2 is 2.04 bits per heavy atom. The third kappa shape index (κ3) is 4.52. The van der Waals surface area contributed by atoms with E-state index >= 15 is 0 Å². The minimum Gasteiger partial charge on any atom is -0.365 e. The number of hydrogen-bond donors (Lipinski definition) is 3. The molecule has 0 aromatic heterocycles. The van der Waals surface area contributed by atoms with Crippen molar-refractivity contribution in [3.05, 3.63) is 29.3 Å². The van der Waals surface area contributed by atoms with Crippen molar-refractivity contribution in [2.45, 2.75) is 76.0 Å². The fraction of sp³-hybridized carbons (Fsp3) is 0.682. The average Bonchev–Trinajstić information content (AvgIpc) is 2.94. The van der Waals surface area contributed by atoms with Crippen LogP contribution in [0.25, 0.3) is 0 Å². The predicted molar refractivity (Wildman–Crippen MR) is 121 cm³/mol. The van der Waals surface area contributed by atoms with Crippen LogP contribution in [0, 0.1) is 17.8 Å². The summed E-state index contributed by atoms with van der Waals surface area (Å²) in [5, 5.41) is 11.2. The molecule has 6 unspecified atom stereocenters. The van der Waals surface area contributed by atoms with Crippen molar-refractivity contribution in [1.82, 2.24) is 10.6 Å². The molecule has 2 bridgehead atoms. The zero-order chi connectivity index (χ0) is 20.3. The van der Waals surface area contributed by atoms with Gasteiger partial charge in [-0.15, -0.1) is 0 Å². The Morgan fingerprint density at radius 1 is 1.32 bits per heavy atom. The number of piperidine rings is 1. The van der Waals surface area contributed by atoms with Crippen LogP contribution in [0.4, 0.5) is 5.69 Å². The first-order chi connectivity index (χ1) is 13.4. The number of rotatable bonds is 7. The summed E-state index contributed by atoms with van der Waals surface area (Å²) in [5.41, 5.74) is 0.853. The lowest BCUT2D eigenvalue weighted by molar-refractivity contribution is -0.130. The molecule has 1 aromatic carbocycles. The molecule has 1 saturated carbocycles. The van der Waals surface area contributed by atoms with Crippen molar-refractivity contribution >= 4 is 39.1 Å². The van der Waals surface area contributed by atoms with E-state index in [1.54, 1.807) is 0 Å². The summed E-state index contributed by atoms with van der Waals surface area (Å²) in [4.78, 5) is 13.7. The number of fused-ring (bicyclic) bond motifs is 4. The topological polar surface area (TPSA) is 53.2 Å². The maximum Gasteiger partial charge on any atom is 0.226 e. The van der Waals surface area contributed by atoms with Crippen LogP contribution in [0.15, 0.2) is 24.3 Å². The van der Waals surface area contributed by atoms with Crippen molar-refractivity contribution in [1.29, 1.82) is 0 Å². The lowest BCUT2D eigenvalue weighted by Gasteiger charge is -2.47. The van der Waals surface area contributed by atoms with Crippen LogP contribution in [0.3, 0.4) is 0 Å². The highest BCUT2D eigenvalue weighted by molar-refractivity contribution is 9.09. The summed E-state index contributed by atoms with van der Waals surface area (Å²) in [6.45, 7) is 6.57. The summed E-state index contributed by atoms with van der Waals surface area (Å²) >= 11 is 9.86. The fourth-order valence-electron chi connectivity index (χ4n) is 5.08. The number of anilines is 1. The SMILES string of the molecule is CCC(NC(=O)C1CC2C(CC)CCC1(CC)NC2Br)Nc1ccc(Cl)cc1. The molecule has 4 nitrogen and oxygen atoms in total. The minimum absolute atomic E-state index is 0.00826. The van der Waals surface area contributed by atoms with E-state index in [2.05, 4.69) is 52.7 Å². The second kappa shape index (κ2) is 9.36. The first-order valence-corrected chi connectivity index (χ1v) is 12.0. The number of halogens is 2. The maximum atomic E-state index is 13.4. The van der Waals surface area contributed by atoms with Crippen molar-refractivity contribution in [3.8, 4) is 0 Å². The third-order valence-electron chi connectivity index (χ3n) is 6.92. The van der Waals surface area contributed by atoms with Crippen LogP contribution >= 0.6 is 27.5 Å². The first-order valence-electron chi connectivity index (χ1n) is 10.7. The summed E-state index contributed by atoms with van der Waals surface area (Å²) in [6, 6.07) is 7.61. The molecule has 2 saturated heterocycles. The largest absolute Gasteiger partial charge is 0.365 e. The van der Waals surface area contributed by atoms with Gasteiger partial charge in [0, 0.05) is 16.2 Å². The zero-order valence-electron chi connectivity index (χ0n) is 17.1. The molecule has 28 heavy (non-hydrogen) atoms. The number of alkyl halides is 1. The molecular formula is C22H33BrClN3O. The Bertz CT molecular complexity index is 670. The van der Waals surface area contributed by atoms with Crippen molar-refractivity contribution in [2.75, 3.05) is 5.32 Å². The normalized spacial score (nSPS) is 33.2. The van der Waals surface area contributed by atoms with Crippen LogP contribution in [0.2, 0.25) is 5.02 Å². The summed E-state index contributed by atoms with van der Waals surface area (Å²) in [5.74, 6) is 1.36. The molecule has 1 aliphatic carbocycles. The fourth-order valence-corrected chi connectivity index (χ4v) is 6.31. The smallest absolute Gasteiger partial charge is 0.226 e. The molecule has 4 rings (SSSR count). The number of carbonyl (C=O) groups is 1. The summed E-state index contributed by atoms with van der Waals surface area (Å²) in [6.07, 6.45) is 6.10. The van der Waals surface area contributed by atoms with Gasteiger partial charge in [0.25, 0.3) is 0 Å². The van der Waals surface area contributed by atoms with Crippen molar-refractivity contribution in [2.24, 2.45) is 17.8 Å². The van der Waals surface area contributed by atoms with E-state index in [4.69, 9.17) is 11.6 Å². The molecule has 6 heteroatoms. The number of amides is 1. The molecule has 3 fully saturated rings. The molecule has 3 aliphatic rings. The monoisotopic (exact) mass is 469 g/mol. The molecule has 156 valence electrons. The Kier molecular flexibility index (Phi) is 7.32. The third-order valence-corrected chi connectivity index (χ3v) is 8.08. The summed E-state index contributed by atoms with van der Waals surface area (Å²) in [7, 11) is 0. The number of hydrogen-bond acceptors (Lipinski definition) is 3. The highest BCUT2D eigenvalue weighted by Gasteiger charge is 2.52. The maximum absolute atomic E-state index is 13.4. The molecule has 0 radical (unpaired) electrons. The average molecular weight is 471 g/mol. The zero-order valence-corrected chi connectivity index (χ0v) is 19.4. The summed E-state index contributed by atoms with van der Waals surface area (Å²) < 4.78 is 0. The van der Waals surface area contributed by atoms with Crippen LogP contribution in [-0.4, -0.2) is 22.6 Å². The highest BCUT2D eigenvalue weighted by atomic mass is 79.9. The van der Waals surface area contributed by atoms with Gasteiger partial charge in [-0.2, -0.15) is 0 Å². The lowest BCUT2D eigenvalue weighted by atomic mass is 9.72. The van der Waals surface area contributed by atoms with E-state index in [-0.39, 0.29) is 23.5 Å². The van der Waals surface area contributed by atoms with E-state index in [9.17, 15) is 4.79 Å². The predicted octanol–water partition coefficient (Wildman–Crippen LogP) is 5.52. The van der Waals surface area contributed by atoms with Crippen LogP contribution < -0.4 is 16.0 Å². The first kappa shape index (κ1) is 21.9. The quantitative estimate of drug-likeness (QED) is 0.279. The van der Waals surface area contributed by atoms with Crippen LogP contribution in [0.5, 0.6) is 0 Å². The van der Waals surface area contributed by atoms with Gasteiger partial charge in [-0.05, 0) is 68.2 Å². The second-order valence-corrected chi connectivity index (χ2v) is 9.76. The molecule has 6 atom stereocenters. The Balaban J connectivity index is 1.73. The highest BCUT2D eigenvalue weighted by Crippen LogP contribution is 2.48. The van der Waals surface area contributed by atoms with E-state index in [0.717, 1.165) is 31.4 Å². The molecule has 1 amide bonds.